The van der Waals surface area contributed by atoms with Crippen molar-refractivity contribution in [3.63, 3.8) is 0 Å². The highest BCUT2D eigenvalue weighted by atomic mass is 15.0. The smallest absolute Gasteiger partial charge is 0.164 e. The Kier molecular flexibility index (Phi) is 6.74. The standard InChI is InChI=1S/C49H35N3/c1-48(2)40-24-11-13-26-42(40)49(43-27-14-12-25-41(43)48)39-23-10-9-22-37(39)38-29-28-36(31-44(38)49)47-51-45(33-18-7-4-8-19-33)50-46(52-47)35-21-15-20-34(30-35)32-16-5-3-6-17-32/h3-31H,1-2H3. The zero-order valence-electron chi connectivity index (χ0n) is 29.1. The van der Waals surface area contributed by atoms with Crippen LogP contribution in [0, 0.1) is 0 Å². The van der Waals surface area contributed by atoms with E-state index in [4.69, 9.17) is 15.0 Å². The normalized spacial score (nSPS) is 14.3. The number of nitrogens with zero attached hydrogens (tertiary/aromatic N) is 3. The molecule has 0 unspecified atom stereocenters. The molecule has 0 fully saturated rings. The largest absolute Gasteiger partial charge is 0.208 e. The summed E-state index contributed by atoms with van der Waals surface area (Å²) in [5.41, 5.74) is 15.0. The van der Waals surface area contributed by atoms with Crippen LogP contribution in [0.4, 0.5) is 0 Å². The molecule has 1 spiro atoms. The summed E-state index contributed by atoms with van der Waals surface area (Å²) in [7, 11) is 0. The Morgan fingerprint density at radius 2 is 0.750 bits per heavy atom. The minimum absolute atomic E-state index is 0.157. The lowest BCUT2D eigenvalue weighted by Crippen LogP contribution is -2.40. The van der Waals surface area contributed by atoms with Crippen LogP contribution in [-0.2, 0) is 10.8 Å². The summed E-state index contributed by atoms with van der Waals surface area (Å²) in [6, 6.07) is 63.0. The van der Waals surface area contributed by atoms with Crippen LogP contribution >= 0.6 is 0 Å². The second-order valence-electron chi connectivity index (χ2n) is 14.4. The molecule has 3 nitrogen and oxygen atoms in total. The lowest BCUT2D eigenvalue weighted by Gasteiger charge is -2.46. The van der Waals surface area contributed by atoms with Gasteiger partial charge >= 0.3 is 0 Å². The Morgan fingerprint density at radius 1 is 0.308 bits per heavy atom. The van der Waals surface area contributed by atoms with Crippen molar-refractivity contribution in [1.82, 2.24) is 15.0 Å². The molecular formula is C49H35N3. The molecule has 0 atom stereocenters. The van der Waals surface area contributed by atoms with Crippen molar-refractivity contribution >= 4 is 0 Å². The van der Waals surface area contributed by atoms with Gasteiger partial charge in [0.1, 0.15) is 0 Å². The third kappa shape index (κ3) is 4.42. The molecule has 1 heterocycles. The lowest BCUT2D eigenvalue weighted by atomic mass is 9.55. The van der Waals surface area contributed by atoms with Gasteiger partial charge in [-0.1, -0.05) is 178 Å². The molecule has 0 saturated carbocycles. The second kappa shape index (κ2) is 11.5. The molecule has 0 amide bonds. The van der Waals surface area contributed by atoms with E-state index in [0.717, 1.165) is 27.8 Å². The van der Waals surface area contributed by atoms with Gasteiger partial charge in [-0.15, -0.1) is 0 Å². The summed E-state index contributed by atoms with van der Waals surface area (Å²) in [4.78, 5) is 15.5. The van der Waals surface area contributed by atoms with Crippen molar-refractivity contribution < 1.29 is 0 Å². The van der Waals surface area contributed by atoms with Crippen LogP contribution in [0.2, 0.25) is 0 Å². The number of hydrogen-bond donors (Lipinski definition) is 0. The second-order valence-corrected chi connectivity index (χ2v) is 14.4. The molecule has 2 aliphatic carbocycles. The molecule has 1 aromatic heterocycles. The van der Waals surface area contributed by atoms with Gasteiger partial charge in [0.15, 0.2) is 17.5 Å². The van der Waals surface area contributed by atoms with E-state index in [-0.39, 0.29) is 5.41 Å². The predicted molar refractivity (Wildman–Crippen MR) is 211 cm³/mol. The van der Waals surface area contributed by atoms with E-state index in [1.807, 2.05) is 24.3 Å². The molecule has 2 aliphatic rings. The van der Waals surface area contributed by atoms with Crippen molar-refractivity contribution in [2.45, 2.75) is 24.7 Å². The Bertz CT molecular complexity index is 2610. The molecule has 0 saturated heterocycles. The molecule has 246 valence electrons. The Balaban J connectivity index is 1.23. The van der Waals surface area contributed by atoms with Crippen molar-refractivity contribution in [3.05, 3.63) is 209 Å². The van der Waals surface area contributed by atoms with Gasteiger partial charge in [-0.25, -0.2) is 15.0 Å². The first-order valence-corrected chi connectivity index (χ1v) is 18.0. The Hall–Kier alpha value is -6.45. The molecule has 8 aromatic rings. The number of rotatable bonds is 4. The van der Waals surface area contributed by atoms with Gasteiger partial charge in [0.05, 0.1) is 5.41 Å². The van der Waals surface area contributed by atoms with Crippen molar-refractivity contribution in [2.75, 3.05) is 0 Å². The van der Waals surface area contributed by atoms with Gasteiger partial charge in [-0.2, -0.15) is 0 Å². The van der Waals surface area contributed by atoms with Crippen LogP contribution in [0.5, 0.6) is 0 Å². The fourth-order valence-corrected chi connectivity index (χ4v) is 8.82. The monoisotopic (exact) mass is 665 g/mol. The molecule has 0 radical (unpaired) electrons. The highest BCUT2D eigenvalue weighted by Gasteiger charge is 2.53. The number of hydrogen-bond acceptors (Lipinski definition) is 3. The minimum Gasteiger partial charge on any atom is -0.208 e. The topological polar surface area (TPSA) is 38.7 Å². The third-order valence-electron chi connectivity index (χ3n) is 11.2. The number of benzene rings is 7. The molecule has 0 N–H and O–H groups in total. The van der Waals surface area contributed by atoms with Gasteiger partial charge in [0.2, 0.25) is 0 Å². The fourth-order valence-electron chi connectivity index (χ4n) is 8.82. The number of fused-ring (bicyclic) bond motifs is 9. The molecule has 0 bridgehead atoms. The highest BCUT2D eigenvalue weighted by Crippen LogP contribution is 2.62. The summed E-state index contributed by atoms with van der Waals surface area (Å²) in [5.74, 6) is 1.95. The van der Waals surface area contributed by atoms with Gasteiger partial charge in [-0.05, 0) is 67.8 Å². The molecule has 10 rings (SSSR count). The Morgan fingerprint density at radius 3 is 1.38 bits per heavy atom. The summed E-state index contributed by atoms with van der Waals surface area (Å²) in [6.07, 6.45) is 0. The quantitative estimate of drug-likeness (QED) is 0.188. The van der Waals surface area contributed by atoms with Crippen molar-refractivity contribution in [2.24, 2.45) is 0 Å². The first-order chi connectivity index (χ1) is 25.5. The third-order valence-corrected chi connectivity index (χ3v) is 11.2. The maximum Gasteiger partial charge on any atom is 0.164 e. The van der Waals surface area contributed by atoms with Crippen LogP contribution in [0.1, 0.15) is 47.2 Å². The molecule has 0 aliphatic heterocycles. The molecular weight excluding hydrogens is 631 g/mol. The van der Waals surface area contributed by atoms with E-state index in [9.17, 15) is 0 Å². The fraction of sp³-hybridized carbons (Fsp3) is 0.0816. The van der Waals surface area contributed by atoms with Crippen molar-refractivity contribution in [1.29, 1.82) is 0 Å². The van der Waals surface area contributed by atoms with Crippen LogP contribution in [0.3, 0.4) is 0 Å². The SMILES string of the molecule is CC1(C)c2ccccc2C2(c3ccccc3-c3ccc(-c4nc(-c5ccccc5)nc(-c5cccc(-c6ccccc6)c5)n4)cc32)c2ccccc21. The zero-order valence-corrected chi connectivity index (χ0v) is 29.1. The molecule has 7 aromatic carbocycles. The predicted octanol–water partition coefficient (Wildman–Crippen LogP) is 11.5. The van der Waals surface area contributed by atoms with E-state index >= 15 is 0 Å². The minimum atomic E-state index is -0.493. The van der Waals surface area contributed by atoms with Crippen LogP contribution in [0.15, 0.2) is 176 Å². The summed E-state index contributed by atoms with van der Waals surface area (Å²) < 4.78 is 0. The van der Waals surface area contributed by atoms with E-state index in [2.05, 4.69) is 166 Å². The number of aromatic nitrogens is 3. The van der Waals surface area contributed by atoms with E-state index in [1.165, 1.54) is 44.5 Å². The summed E-state index contributed by atoms with van der Waals surface area (Å²) in [5, 5.41) is 0. The molecule has 52 heavy (non-hydrogen) atoms. The summed E-state index contributed by atoms with van der Waals surface area (Å²) >= 11 is 0. The Labute approximate surface area is 304 Å². The van der Waals surface area contributed by atoms with Crippen LogP contribution in [0.25, 0.3) is 56.4 Å². The first kappa shape index (κ1) is 30.4. The maximum atomic E-state index is 5.23. The average molecular weight is 666 g/mol. The van der Waals surface area contributed by atoms with E-state index in [0.29, 0.717) is 17.5 Å². The average Bonchev–Trinajstić information content (AvgIpc) is 3.51. The highest BCUT2D eigenvalue weighted by molar-refractivity contribution is 5.90. The van der Waals surface area contributed by atoms with Crippen LogP contribution < -0.4 is 0 Å². The summed E-state index contributed by atoms with van der Waals surface area (Å²) in [6.45, 7) is 4.72. The van der Waals surface area contributed by atoms with Gasteiger partial charge in [-0.3, -0.25) is 0 Å². The van der Waals surface area contributed by atoms with Gasteiger partial charge < -0.3 is 0 Å². The lowest BCUT2D eigenvalue weighted by molar-refractivity contribution is 0.563. The molecule has 3 heteroatoms. The van der Waals surface area contributed by atoms with Gasteiger partial charge in [0, 0.05) is 22.1 Å². The maximum absolute atomic E-state index is 5.23. The first-order valence-electron chi connectivity index (χ1n) is 18.0. The van der Waals surface area contributed by atoms with Crippen LogP contribution in [-0.4, -0.2) is 15.0 Å². The van der Waals surface area contributed by atoms with Gasteiger partial charge in [0.25, 0.3) is 0 Å². The zero-order chi connectivity index (χ0) is 34.9. The van der Waals surface area contributed by atoms with Crippen molar-refractivity contribution in [3.8, 4) is 56.4 Å². The van der Waals surface area contributed by atoms with E-state index < -0.39 is 5.41 Å². The van der Waals surface area contributed by atoms with E-state index in [1.54, 1.807) is 0 Å².